The van der Waals surface area contributed by atoms with E-state index in [-0.39, 0.29) is 17.7 Å². The number of hydrogen-bond donors (Lipinski definition) is 1. The van der Waals surface area contributed by atoms with E-state index in [2.05, 4.69) is 10.3 Å². The van der Waals surface area contributed by atoms with Gasteiger partial charge in [0, 0.05) is 13.3 Å². The number of thiophene rings is 1. The van der Waals surface area contributed by atoms with Gasteiger partial charge in [0.05, 0.1) is 28.1 Å². The Bertz CT molecular complexity index is 625. The minimum Gasteiger partial charge on any atom is -0.382 e. The molecule has 2 heterocycles. The van der Waals surface area contributed by atoms with Gasteiger partial charge in [-0.25, -0.2) is 0 Å². The molecule has 21 heavy (non-hydrogen) atoms. The molecule has 5 nitrogen and oxygen atoms in total. The summed E-state index contributed by atoms with van der Waals surface area (Å²) in [5.74, 6) is -0.280. The van der Waals surface area contributed by atoms with Gasteiger partial charge in [0.2, 0.25) is 0 Å². The molecule has 2 rings (SSSR count). The second-order valence-corrected chi connectivity index (χ2v) is 5.54. The number of nitrogens with one attached hydrogen (secondary N) is 1. The molecule has 1 atom stereocenters. The number of methoxy groups -OCH3 is 1. The van der Waals surface area contributed by atoms with E-state index in [1.165, 1.54) is 18.3 Å². The second kappa shape index (κ2) is 7.10. The lowest BCUT2D eigenvalue weighted by Crippen LogP contribution is -2.31. The standard InChI is InChI=1S/C15H16N2O3S/c1-10(18)13-6-7-14(21-13)15(19)17-12(9-20-2)11-5-3-4-8-16-11/h3-8,12H,9H2,1-2H3,(H,17,19)/t12-/m1/s1. The van der Waals surface area contributed by atoms with Crippen molar-refractivity contribution in [1.82, 2.24) is 10.3 Å². The molecule has 0 aliphatic heterocycles. The van der Waals surface area contributed by atoms with Crippen molar-refractivity contribution < 1.29 is 14.3 Å². The van der Waals surface area contributed by atoms with Gasteiger partial charge in [-0.15, -0.1) is 11.3 Å². The SMILES string of the molecule is COC[C@@H](NC(=O)c1ccc(C(C)=O)s1)c1ccccn1. The van der Waals surface area contributed by atoms with Crippen LogP contribution in [0.15, 0.2) is 36.5 Å². The molecular weight excluding hydrogens is 288 g/mol. The number of hydrogen-bond acceptors (Lipinski definition) is 5. The summed E-state index contributed by atoms with van der Waals surface area (Å²) in [5.41, 5.74) is 0.732. The molecular formula is C15H16N2O3S. The summed E-state index contributed by atoms with van der Waals surface area (Å²) >= 11 is 1.18. The Morgan fingerprint density at radius 1 is 1.29 bits per heavy atom. The summed E-state index contributed by atoms with van der Waals surface area (Å²) in [6, 6.07) is 8.49. The fraction of sp³-hybridized carbons (Fsp3) is 0.267. The highest BCUT2D eigenvalue weighted by molar-refractivity contribution is 7.15. The Balaban J connectivity index is 2.12. The van der Waals surface area contributed by atoms with Crippen LogP contribution in [0.25, 0.3) is 0 Å². The Kier molecular flexibility index (Phi) is 5.19. The van der Waals surface area contributed by atoms with Crippen molar-refractivity contribution in [3.8, 4) is 0 Å². The highest BCUT2D eigenvalue weighted by atomic mass is 32.1. The van der Waals surface area contributed by atoms with E-state index in [1.54, 1.807) is 25.4 Å². The third-order valence-corrected chi connectivity index (χ3v) is 4.05. The Labute approximate surface area is 127 Å². The summed E-state index contributed by atoms with van der Waals surface area (Å²) < 4.78 is 5.13. The maximum absolute atomic E-state index is 12.2. The van der Waals surface area contributed by atoms with Crippen LogP contribution in [-0.4, -0.2) is 30.4 Å². The van der Waals surface area contributed by atoms with E-state index in [4.69, 9.17) is 4.74 Å². The Hall–Kier alpha value is -2.05. The summed E-state index contributed by atoms with van der Waals surface area (Å²) in [6.07, 6.45) is 1.67. The molecule has 0 bridgehead atoms. The van der Waals surface area contributed by atoms with E-state index >= 15 is 0 Å². The minimum atomic E-state index is -0.327. The highest BCUT2D eigenvalue weighted by Gasteiger charge is 2.18. The monoisotopic (exact) mass is 304 g/mol. The zero-order valence-corrected chi connectivity index (χ0v) is 12.6. The van der Waals surface area contributed by atoms with Gasteiger partial charge in [0.1, 0.15) is 0 Å². The number of carbonyl (C=O) groups excluding carboxylic acids is 2. The van der Waals surface area contributed by atoms with Gasteiger partial charge in [0.25, 0.3) is 5.91 Å². The Morgan fingerprint density at radius 2 is 2.05 bits per heavy atom. The number of rotatable bonds is 6. The van der Waals surface area contributed by atoms with Crippen molar-refractivity contribution in [2.24, 2.45) is 0 Å². The van der Waals surface area contributed by atoms with Crippen LogP contribution in [0.1, 0.15) is 38.0 Å². The van der Waals surface area contributed by atoms with Crippen LogP contribution >= 0.6 is 11.3 Å². The molecule has 110 valence electrons. The van der Waals surface area contributed by atoms with E-state index in [0.717, 1.165) is 5.69 Å². The molecule has 6 heteroatoms. The number of Topliss-reactive ketones (excluding diaryl/α,β-unsaturated/α-hetero) is 1. The fourth-order valence-electron chi connectivity index (χ4n) is 1.83. The lowest BCUT2D eigenvalue weighted by Gasteiger charge is -2.16. The maximum atomic E-state index is 12.2. The molecule has 1 N–H and O–H groups in total. The lowest BCUT2D eigenvalue weighted by atomic mass is 10.2. The molecule has 0 aromatic carbocycles. The van der Waals surface area contributed by atoms with Crippen molar-refractivity contribution in [1.29, 1.82) is 0 Å². The maximum Gasteiger partial charge on any atom is 0.261 e. The number of aromatic nitrogens is 1. The van der Waals surface area contributed by atoms with Crippen LogP contribution in [0.3, 0.4) is 0 Å². The van der Waals surface area contributed by atoms with Crippen LogP contribution in [0.4, 0.5) is 0 Å². The molecule has 0 aliphatic rings. The average Bonchev–Trinajstić information content (AvgIpc) is 2.98. The molecule has 2 aromatic heterocycles. The summed E-state index contributed by atoms with van der Waals surface area (Å²) in [6.45, 7) is 1.81. The van der Waals surface area contributed by atoms with Gasteiger partial charge in [-0.1, -0.05) is 6.07 Å². The van der Waals surface area contributed by atoms with Crippen molar-refractivity contribution in [2.45, 2.75) is 13.0 Å². The third kappa shape index (κ3) is 3.96. The predicted molar refractivity (Wildman–Crippen MR) is 80.6 cm³/mol. The molecule has 0 fully saturated rings. The quantitative estimate of drug-likeness (QED) is 0.832. The summed E-state index contributed by atoms with van der Waals surface area (Å²) in [4.78, 5) is 28.8. The number of nitrogens with zero attached hydrogens (tertiary/aromatic N) is 1. The van der Waals surface area contributed by atoms with Crippen LogP contribution in [0.2, 0.25) is 0 Å². The summed E-state index contributed by atoms with van der Waals surface area (Å²) in [7, 11) is 1.57. The molecule has 2 aromatic rings. The second-order valence-electron chi connectivity index (χ2n) is 4.46. The molecule has 1 amide bonds. The molecule has 0 unspecified atom stereocenters. The van der Waals surface area contributed by atoms with Crippen LogP contribution in [0, 0.1) is 0 Å². The first-order valence-electron chi connectivity index (χ1n) is 6.43. The van der Waals surface area contributed by atoms with Gasteiger partial charge >= 0.3 is 0 Å². The first-order valence-corrected chi connectivity index (χ1v) is 7.25. The average molecular weight is 304 g/mol. The molecule has 0 saturated heterocycles. The number of ether oxygens (including phenoxy) is 1. The van der Waals surface area contributed by atoms with Crippen molar-refractivity contribution in [2.75, 3.05) is 13.7 Å². The smallest absolute Gasteiger partial charge is 0.261 e. The third-order valence-electron chi connectivity index (χ3n) is 2.86. The zero-order valence-electron chi connectivity index (χ0n) is 11.8. The minimum absolute atomic E-state index is 0.0442. The zero-order chi connectivity index (χ0) is 15.2. The number of amides is 1. The first kappa shape index (κ1) is 15.3. The topological polar surface area (TPSA) is 68.3 Å². The lowest BCUT2D eigenvalue weighted by molar-refractivity contribution is 0.0898. The molecule has 0 radical (unpaired) electrons. The number of pyridine rings is 1. The molecule has 0 aliphatic carbocycles. The summed E-state index contributed by atoms with van der Waals surface area (Å²) in [5, 5.41) is 2.88. The Morgan fingerprint density at radius 3 is 2.62 bits per heavy atom. The predicted octanol–water partition coefficient (Wildman–Crippen LogP) is 2.46. The molecule has 0 saturated carbocycles. The highest BCUT2D eigenvalue weighted by Crippen LogP contribution is 2.18. The number of ketones is 1. The van der Waals surface area contributed by atoms with Gasteiger partial charge in [-0.05, 0) is 31.2 Å². The first-order chi connectivity index (χ1) is 10.1. The largest absolute Gasteiger partial charge is 0.382 e. The van der Waals surface area contributed by atoms with Crippen LogP contribution in [0.5, 0.6) is 0 Å². The van der Waals surface area contributed by atoms with E-state index in [1.807, 2.05) is 18.2 Å². The van der Waals surface area contributed by atoms with E-state index in [9.17, 15) is 9.59 Å². The van der Waals surface area contributed by atoms with Gasteiger partial charge in [-0.2, -0.15) is 0 Å². The molecule has 0 spiro atoms. The fourth-order valence-corrected chi connectivity index (χ4v) is 2.63. The van der Waals surface area contributed by atoms with Crippen LogP contribution < -0.4 is 5.32 Å². The van der Waals surface area contributed by atoms with Gasteiger partial charge in [0.15, 0.2) is 5.78 Å². The van der Waals surface area contributed by atoms with E-state index in [0.29, 0.717) is 16.4 Å². The normalized spacial score (nSPS) is 11.9. The van der Waals surface area contributed by atoms with Crippen LogP contribution in [-0.2, 0) is 4.74 Å². The number of carbonyl (C=O) groups is 2. The van der Waals surface area contributed by atoms with E-state index < -0.39 is 0 Å². The van der Waals surface area contributed by atoms with Crippen molar-refractivity contribution in [3.63, 3.8) is 0 Å². The van der Waals surface area contributed by atoms with Crippen molar-refractivity contribution >= 4 is 23.0 Å². The van der Waals surface area contributed by atoms with Gasteiger partial charge < -0.3 is 10.1 Å². The van der Waals surface area contributed by atoms with Gasteiger partial charge in [-0.3, -0.25) is 14.6 Å². The van der Waals surface area contributed by atoms with Crippen molar-refractivity contribution in [3.05, 3.63) is 52.0 Å².